The predicted molar refractivity (Wildman–Crippen MR) is 143 cm³/mol. The van der Waals surface area contributed by atoms with Gasteiger partial charge in [-0.2, -0.15) is 0 Å². The molecule has 1 aromatic carbocycles. The molecule has 2 unspecified atom stereocenters. The van der Waals surface area contributed by atoms with E-state index < -0.39 is 20.0 Å². The van der Waals surface area contributed by atoms with Crippen molar-refractivity contribution >= 4 is 41.0 Å². The Kier molecular flexibility index (Phi) is 6.57. The molecule has 4 nitrogen and oxygen atoms in total. The fourth-order valence-corrected chi connectivity index (χ4v) is 6.91. The Labute approximate surface area is 217 Å². The molecule has 3 aliphatic rings. The van der Waals surface area contributed by atoms with Crippen LogP contribution in [0.2, 0.25) is 18.1 Å². The zero-order valence-electron chi connectivity index (χ0n) is 21.7. The number of fused-ring (bicyclic) bond motifs is 3. The molecule has 1 aromatic heterocycles. The van der Waals surface area contributed by atoms with E-state index in [4.69, 9.17) is 9.41 Å². The highest BCUT2D eigenvalue weighted by atomic mass is 79.9. The molecular weight excluding hydrogens is 528 g/mol. The van der Waals surface area contributed by atoms with Crippen LogP contribution in [0.4, 0.5) is 14.6 Å². The Morgan fingerprint density at radius 3 is 2.40 bits per heavy atom. The van der Waals surface area contributed by atoms with Gasteiger partial charge in [0.1, 0.15) is 23.0 Å². The molecule has 2 atom stereocenters. The molecule has 192 valence electrons. The van der Waals surface area contributed by atoms with Crippen LogP contribution in [0.3, 0.4) is 0 Å². The molecule has 2 aliphatic carbocycles. The van der Waals surface area contributed by atoms with Crippen molar-refractivity contribution in [2.75, 3.05) is 24.6 Å². The van der Waals surface area contributed by atoms with Gasteiger partial charge in [0.15, 0.2) is 14.1 Å². The fourth-order valence-electron chi connectivity index (χ4n) is 5.51. The van der Waals surface area contributed by atoms with Crippen LogP contribution in [0.5, 0.6) is 0 Å². The molecule has 0 spiro atoms. The van der Waals surface area contributed by atoms with E-state index in [0.29, 0.717) is 35.3 Å². The molecule has 8 heteroatoms. The van der Waals surface area contributed by atoms with Gasteiger partial charge < -0.3 is 9.33 Å². The molecule has 5 rings (SSSR count). The van der Waals surface area contributed by atoms with Crippen molar-refractivity contribution in [2.45, 2.75) is 83.8 Å². The van der Waals surface area contributed by atoms with Crippen LogP contribution < -0.4 is 4.90 Å². The second kappa shape index (κ2) is 9.01. The first-order valence-corrected chi connectivity index (χ1v) is 16.8. The first-order valence-electron chi connectivity index (χ1n) is 13.1. The summed E-state index contributed by atoms with van der Waals surface area (Å²) in [6.07, 6.45) is 7.66. The highest BCUT2D eigenvalue weighted by molar-refractivity contribution is 9.10. The van der Waals surface area contributed by atoms with Gasteiger partial charge in [-0.3, -0.25) is 0 Å². The van der Waals surface area contributed by atoms with Crippen molar-refractivity contribution in [3.05, 3.63) is 28.0 Å². The largest absolute Gasteiger partial charge is 0.416 e. The van der Waals surface area contributed by atoms with E-state index >= 15 is 4.39 Å². The van der Waals surface area contributed by atoms with Crippen molar-refractivity contribution in [2.24, 2.45) is 17.3 Å². The summed E-state index contributed by atoms with van der Waals surface area (Å²) in [4.78, 5) is 11.8. The minimum absolute atomic E-state index is 0.152. The summed E-state index contributed by atoms with van der Waals surface area (Å²) in [7, 11) is -1.81. The van der Waals surface area contributed by atoms with Crippen LogP contribution >= 0.6 is 15.9 Å². The van der Waals surface area contributed by atoms with Gasteiger partial charge in [0.25, 0.3) is 0 Å². The van der Waals surface area contributed by atoms with E-state index in [0.717, 1.165) is 39.0 Å². The lowest BCUT2D eigenvalue weighted by atomic mass is 9.98. The summed E-state index contributed by atoms with van der Waals surface area (Å²) in [5.74, 6) is 1.42. The van der Waals surface area contributed by atoms with E-state index in [-0.39, 0.29) is 20.4 Å². The van der Waals surface area contributed by atoms with Crippen molar-refractivity contribution in [1.29, 1.82) is 0 Å². The smallest absolute Gasteiger partial charge is 0.192 e. The summed E-state index contributed by atoms with van der Waals surface area (Å²) in [5.41, 5.74) is 0.402. The maximum atomic E-state index is 15.2. The van der Waals surface area contributed by atoms with Crippen molar-refractivity contribution in [3.8, 4) is 0 Å². The topological polar surface area (TPSA) is 38.2 Å². The minimum Gasteiger partial charge on any atom is -0.416 e. The normalized spacial score (nSPS) is 23.8. The summed E-state index contributed by atoms with van der Waals surface area (Å²) < 4.78 is 36.1. The number of rotatable bonds is 7. The van der Waals surface area contributed by atoms with Crippen LogP contribution in [0, 0.1) is 28.9 Å². The molecule has 3 fully saturated rings. The van der Waals surface area contributed by atoms with Crippen molar-refractivity contribution < 1.29 is 13.2 Å². The van der Waals surface area contributed by atoms with Gasteiger partial charge in [0, 0.05) is 31.5 Å². The number of anilines is 1. The third-order valence-electron chi connectivity index (χ3n) is 9.14. The summed E-state index contributed by atoms with van der Waals surface area (Å²) in [6.45, 7) is 14.0. The van der Waals surface area contributed by atoms with Gasteiger partial charge in [-0.05, 0) is 95.9 Å². The van der Waals surface area contributed by atoms with Gasteiger partial charge in [-0.1, -0.05) is 20.8 Å². The van der Waals surface area contributed by atoms with E-state index in [1.165, 1.54) is 25.3 Å². The van der Waals surface area contributed by atoms with Crippen molar-refractivity contribution in [3.63, 3.8) is 0 Å². The molecule has 0 radical (unpaired) electrons. The number of halogens is 3. The molecular formula is C27H38BrF2N3OSi. The second-order valence-corrected chi connectivity index (χ2v) is 18.4. The maximum absolute atomic E-state index is 15.2. The number of nitrogens with zero attached hydrogens (tertiary/aromatic N) is 3. The zero-order valence-corrected chi connectivity index (χ0v) is 24.3. The number of hydrogen-bond acceptors (Lipinski definition) is 4. The van der Waals surface area contributed by atoms with E-state index in [2.05, 4.69) is 59.7 Å². The number of hydrogen-bond donors (Lipinski definition) is 0. The lowest BCUT2D eigenvalue weighted by molar-refractivity contribution is 0.205. The molecule has 35 heavy (non-hydrogen) atoms. The van der Waals surface area contributed by atoms with E-state index in [1.807, 2.05) is 0 Å². The summed E-state index contributed by atoms with van der Waals surface area (Å²) in [5, 5.41) is 0.670. The van der Waals surface area contributed by atoms with Gasteiger partial charge in [-0.25, -0.2) is 18.7 Å². The van der Waals surface area contributed by atoms with E-state index in [9.17, 15) is 4.39 Å². The van der Waals surface area contributed by atoms with Crippen LogP contribution in [0.15, 0.2) is 10.5 Å². The highest BCUT2D eigenvalue weighted by Gasteiger charge is 2.46. The third kappa shape index (κ3) is 5.04. The molecule has 1 saturated heterocycles. The van der Waals surface area contributed by atoms with Gasteiger partial charge in [0.2, 0.25) is 0 Å². The SMILES string of the molecule is CC(C)(C)[Si](C)(C)OCC1(CCc2nc(N3CC4CCC(C4)C3)c3cc(F)c(Br)c(F)c3n2)CC1. The molecule has 2 bridgehead atoms. The van der Waals surface area contributed by atoms with Gasteiger partial charge >= 0.3 is 0 Å². The van der Waals surface area contributed by atoms with Gasteiger partial charge in [0.05, 0.1) is 4.47 Å². The van der Waals surface area contributed by atoms with E-state index in [1.54, 1.807) is 0 Å². The van der Waals surface area contributed by atoms with Crippen LogP contribution in [0.1, 0.15) is 65.1 Å². The van der Waals surface area contributed by atoms with Crippen molar-refractivity contribution in [1.82, 2.24) is 9.97 Å². The molecule has 0 amide bonds. The van der Waals surface area contributed by atoms with Crippen LogP contribution in [0.25, 0.3) is 10.9 Å². The number of piperidine rings is 1. The average Bonchev–Trinajstić information content (AvgIpc) is 3.50. The molecule has 0 N–H and O–H groups in total. The predicted octanol–water partition coefficient (Wildman–Crippen LogP) is 7.64. The average molecular weight is 567 g/mol. The number of aryl methyl sites for hydroxylation is 1. The summed E-state index contributed by atoms with van der Waals surface area (Å²) in [6, 6.07) is 1.40. The molecule has 2 saturated carbocycles. The Hall–Kier alpha value is -1.12. The second-order valence-electron chi connectivity index (χ2n) is 12.8. The first-order chi connectivity index (χ1) is 16.4. The monoisotopic (exact) mass is 565 g/mol. The van der Waals surface area contributed by atoms with Gasteiger partial charge in [-0.15, -0.1) is 0 Å². The first kappa shape index (κ1) is 25.5. The zero-order chi connectivity index (χ0) is 25.2. The number of aromatic nitrogens is 2. The molecule has 1 aliphatic heterocycles. The fraction of sp³-hybridized carbons (Fsp3) is 0.704. The molecule has 2 aromatic rings. The van der Waals surface area contributed by atoms with Crippen LogP contribution in [-0.4, -0.2) is 38.0 Å². The van der Waals surface area contributed by atoms with Crippen LogP contribution in [-0.2, 0) is 10.8 Å². The molecule has 2 heterocycles. The number of benzene rings is 1. The minimum atomic E-state index is -1.81. The Balaban J connectivity index is 1.40. The Bertz CT molecular complexity index is 1120. The lowest BCUT2D eigenvalue weighted by Gasteiger charge is -2.37. The lowest BCUT2D eigenvalue weighted by Crippen LogP contribution is -2.42. The summed E-state index contributed by atoms with van der Waals surface area (Å²) >= 11 is 3.07. The maximum Gasteiger partial charge on any atom is 0.192 e. The third-order valence-corrected chi connectivity index (χ3v) is 14.3. The standard InChI is InChI=1S/C27H38BrF2N3OSi/c1-26(2,3)35(4,5)34-16-27(10-11-27)9-8-21-31-24-19(13-20(29)22(28)23(24)30)25(32-21)33-14-17-6-7-18(12-17)15-33/h13,17-18H,6-12,14-16H2,1-5H3. The Morgan fingerprint density at radius 1 is 1.14 bits per heavy atom. The Morgan fingerprint density at radius 2 is 1.80 bits per heavy atom. The quantitative estimate of drug-likeness (QED) is 0.255. The highest BCUT2D eigenvalue weighted by Crippen LogP contribution is 2.51.